The Kier molecular flexibility index (Phi) is 4.54. The summed E-state index contributed by atoms with van der Waals surface area (Å²) in [5.74, 6) is 1.12. The van der Waals surface area contributed by atoms with E-state index in [1.165, 1.54) is 0 Å². The summed E-state index contributed by atoms with van der Waals surface area (Å²) in [7, 11) is 3.18. The third kappa shape index (κ3) is 3.51. The van der Waals surface area contributed by atoms with Crippen molar-refractivity contribution in [3.63, 3.8) is 0 Å². The molecule has 0 unspecified atom stereocenters. The highest BCUT2D eigenvalue weighted by molar-refractivity contribution is 6.00. The van der Waals surface area contributed by atoms with E-state index in [1.807, 2.05) is 48.5 Å². The summed E-state index contributed by atoms with van der Waals surface area (Å²) >= 11 is 0. The van der Waals surface area contributed by atoms with Crippen molar-refractivity contribution in [3.05, 3.63) is 60.3 Å². The largest absolute Gasteiger partial charge is 0.493 e. The molecular weight excluding hydrogens is 342 g/mol. The number of carbonyl (C=O) groups excluding carboxylic acids is 1. The van der Waals surface area contributed by atoms with E-state index in [2.05, 4.69) is 10.4 Å². The third-order valence-electron chi connectivity index (χ3n) is 4.55. The number of nitrogens with zero attached hydrogens (tertiary/aromatic N) is 2. The SMILES string of the molecule is COc1ccc(-c2nn(-c3ccccc3)cc2C(=O)NC2CC2)cc1OC. The Balaban J connectivity index is 1.80. The normalized spacial score (nSPS) is 13.3. The summed E-state index contributed by atoms with van der Waals surface area (Å²) in [6.45, 7) is 0. The van der Waals surface area contributed by atoms with E-state index in [4.69, 9.17) is 9.47 Å². The van der Waals surface area contributed by atoms with Crippen LogP contribution in [0.15, 0.2) is 54.7 Å². The molecule has 1 N–H and O–H groups in total. The lowest BCUT2D eigenvalue weighted by atomic mass is 10.1. The van der Waals surface area contributed by atoms with Gasteiger partial charge in [0.1, 0.15) is 5.69 Å². The van der Waals surface area contributed by atoms with Crippen LogP contribution in [0.2, 0.25) is 0 Å². The molecule has 0 saturated heterocycles. The predicted molar refractivity (Wildman–Crippen MR) is 103 cm³/mol. The van der Waals surface area contributed by atoms with Crippen molar-refractivity contribution in [2.45, 2.75) is 18.9 Å². The van der Waals surface area contributed by atoms with Crippen molar-refractivity contribution in [1.29, 1.82) is 0 Å². The van der Waals surface area contributed by atoms with Gasteiger partial charge in [-0.15, -0.1) is 0 Å². The second-order valence-electron chi connectivity index (χ2n) is 6.49. The molecule has 1 saturated carbocycles. The predicted octanol–water partition coefficient (Wildman–Crippen LogP) is 3.45. The molecule has 3 aromatic rings. The zero-order valence-corrected chi connectivity index (χ0v) is 15.3. The molecular formula is C21H21N3O3. The van der Waals surface area contributed by atoms with Gasteiger partial charge in [-0.3, -0.25) is 4.79 Å². The number of aromatic nitrogens is 2. The number of hydrogen-bond acceptors (Lipinski definition) is 4. The number of carbonyl (C=O) groups is 1. The number of para-hydroxylation sites is 1. The van der Waals surface area contributed by atoms with E-state index in [0.717, 1.165) is 24.1 Å². The quantitative estimate of drug-likeness (QED) is 0.728. The van der Waals surface area contributed by atoms with Crippen LogP contribution in [0, 0.1) is 0 Å². The van der Waals surface area contributed by atoms with Gasteiger partial charge in [-0.1, -0.05) is 18.2 Å². The summed E-state index contributed by atoms with van der Waals surface area (Å²) < 4.78 is 12.4. The zero-order chi connectivity index (χ0) is 18.8. The van der Waals surface area contributed by atoms with Crippen molar-refractivity contribution in [3.8, 4) is 28.4 Å². The molecule has 138 valence electrons. The minimum absolute atomic E-state index is 0.107. The molecule has 0 spiro atoms. The Morgan fingerprint density at radius 3 is 2.48 bits per heavy atom. The number of nitrogens with one attached hydrogen (secondary N) is 1. The van der Waals surface area contributed by atoms with Crippen molar-refractivity contribution >= 4 is 5.91 Å². The van der Waals surface area contributed by atoms with Gasteiger partial charge in [0, 0.05) is 17.8 Å². The maximum atomic E-state index is 12.8. The van der Waals surface area contributed by atoms with Gasteiger partial charge < -0.3 is 14.8 Å². The lowest BCUT2D eigenvalue weighted by Crippen LogP contribution is -2.25. The minimum Gasteiger partial charge on any atom is -0.493 e. The Morgan fingerprint density at radius 1 is 1.07 bits per heavy atom. The fourth-order valence-corrected chi connectivity index (χ4v) is 2.94. The second kappa shape index (κ2) is 7.15. The topological polar surface area (TPSA) is 65.4 Å². The molecule has 0 atom stereocenters. The highest BCUT2D eigenvalue weighted by Crippen LogP contribution is 2.33. The average Bonchev–Trinajstić information content (AvgIpc) is 3.41. The van der Waals surface area contributed by atoms with E-state index in [0.29, 0.717) is 22.8 Å². The van der Waals surface area contributed by atoms with Gasteiger partial charge in [-0.2, -0.15) is 5.10 Å². The Bertz CT molecular complexity index is 962. The number of hydrogen-bond donors (Lipinski definition) is 1. The molecule has 1 aliphatic rings. The molecule has 27 heavy (non-hydrogen) atoms. The molecule has 1 amide bonds. The number of amides is 1. The highest BCUT2D eigenvalue weighted by atomic mass is 16.5. The summed E-state index contributed by atoms with van der Waals surface area (Å²) in [4.78, 5) is 12.8. The molecule has 1 aromatic heterocycles. The van der Waals surface area contributed by atoms with Gasteiger partial charge >= 0.3 is 0 Å². The first-order valence-corrected chi connectivity index (χ1v) is 8.88. The smallest absolute Gasteiger partial charge is 0.255 e. The van der Waals surface area contributed by atoms with Crippen LogP contribution in [-0.2, 0) is 0 Å². The molecule has 1 aliphatic carbocycles. The van der Waals surface area contributed by atoms with Gasteiger partial charge in [0.15, 0.2) is 11.5 Å². The first-order chi connectivity index (χ1) is 13.2. The Morgan fingerprint density at radius 2 is 1.81 bits per heavy atom. The summed E-state index contributed by atoms with van der Waals surface area (Å²) in [6, 6.07) is 15.5. The van der Waals surface area contributed by atoms with Crippen LogP contribution in [-0.4, -0.2) is 35.9 Å². The van der Waals surface area contributed by atoms with Crippen LogP contribution < -0.4 is 14.8 Å². The number of rotatable bonds is 6. The molecule has 0 bridgehead atoms. The molecule has 2 aromatic carbocycles. The van der Waals surface area contributed by atoms with Crippen LogP contribution in [0.3, 0.4) is 0 Å². The fraction of sp³-hybridized carbons (Fsp3) is 0.238. The van der Waals surface area contributed by atoms with Gasteiger partial charge in [-0.05, 0) is 43.2 Å². The monoisotopic (exact) mass is 363 g/mol. The van der Waals surface area contributed by atoms with Crippen molar-refractivity contribution in [1.82, 2.24) is 15.1 Å². The van der Waals surface area contributed by atoms with Gasteiger partial charge in [0.25, 0.3) is 5.91 Å². The minimum atomic E-state index is -0.107. The van der Waals surface area contributed by atoms with Crippen molar-refractivity contribution < 1.29 is 14.3 Å². The van der Waals surface area contributed by atoms with Crippen molar-refractivity contribution in [2.24, 2.45) is 0 Å². The highest BCUT2D eigenvalue weighted by Gasteiger charge is 2.27. The standard InChI is InChI=1S/C21H21N3O3/c1-26-18-11-8-14(12-19(18)27-2)20-17(21(25)22-15-9-10-15)13-24(23-20)16-6-4-3-5-7-16/h3-8,11-13,15H,9-10H2,1-2H3,(H,22,25). The van der Waals surface area contributed by atoms with Crippen LogP contribution in [0.5, 0.6) is 11.5 Å². The maximum Gasteiger partial charge on any atom is 0.255 e. The van der Waals surface area contributed by atoms with Gasteiger partial charge in [-0.25, -0.2) is 4.68 Å². The number of methoxy groups -OCH3 is 2. The molecule has 6 heteroatoms. The summed E-state index contributed by atoms with van der Waals surface area (Å²) in [6.07, 6.45) is 3.84. The molecule has 1 heterocycles. The van der Waals surface area contributed by atoms with Crippen LogP contribution in [0.4, 0.5) is 0 Å². The van der Waals surface area contributed by atoms with Crippen LogP contribution in [0.1, 0.15) is 23.2 Å². The lowest BCUT2D eigenvalue weighted by molar-refractivity contribution is 0.0951. The molecule has 4 rings (SSSR count). The lowest BCUT2D eigenvalue weighted by Gasteiger charge is -2.09. The first-order valence-electron chi connectivity index (χ1n) is 8.88. The van der Waals surface area contributed by atoms with Crippen LogP contribution in [0.25, 0.3) is 16.9 Å². The number of ether oxygens (including phenoxy) is 2. The number of benzene rings is 2. The Hall–Kier alpha value is -3.28. The molecule has 0 radical (unpaired) electrons. The third-order valence-corrected chi connectivity index (χ3v) is 4.55. The van der Waals surface area contributed by atoms with Gasteiger partial charge in [0.2, 0.25) is 0 Å². The summed E-state index contributed by atoms with van der Waals surface area (Å²) in [5, 5.41) is 7.74. The molecule has 0 aliphatic heterocycles. The van der Waals surface area contributed by atoms with E-state index in [-0.39, 0.29) is 11.9 Å². The van der Waals surface area contributed by atoms with Crippen LogP contribution >= 0.6 is 0 Å². The first kappa shape index (κ1) is 17.1. The second-order valence-corrected chi connectivity index (χ2v) is 6.49. The molecule has 6 nitrogen and oxygen atoms in total. The maximum absolute atomic E-state index is 12.8. The molecule has 1 fully saturated rings. The summed E-state index contributed by atoms with van der Waals surface area (Å²) in [5.41, 5.74) is 2.84. The van der Waals surface area contributed by atoms with E-state index < -0.39 is 0 Å². The Labute approximate surface area is 157 Å². The van der Waals surface area contributed by atoms with E-state index >= 15 is 0 Å². The van der Waals surface area contributed by atoms with Gasteiger partial charge in [0.05, 0.1) is 25.5 Å². The van der Waals surface area contributed by atoms with Crippen molar-refractivity contribution in [2.75, 3.05) is 14.2 Å². The zero-order valence-electron chi connectivity index (χ0n) is 15.3. The average molecular weight is 363 g/mol. The van der Waals surface area contributed by atoms with E-state index in [1.54, 1.807) is 25.1 Å². The van der Waals surface area contributed by atoms with E-state index in [9.17, 15) is 4.79 Å². The fourth-order valence-electron chi connectivity index (χ4n) is 2.94.